The van der Waals surface area contributed by atoms with Crippen LogP contribution >= 0.6 is 11.3 Å². The van der Waals surface area contributed by atoms with E-state index in [4.69, 9.17) is 4.74 Å². The maximum atomic E-state index is 13.5. The van der Waals surface area contributed by atoms with Gasteiger partial charge in [-0.2, -0.15) is 18.3 Å². The van der Waals surface area contributed by atoms with Crippen LogP contribution in [0.15, 0.2) is 60.5 Å². The van der Waals surface area contributed by atoms with Gasteiger partial charge in [-0.3, -0.25) is 9.67 Å². The molecule has 3 aromatic heterocycles. The summed E-state index contributed by atoms with van der Waals surface area (Å²) in [6.45, 7) is 2.25. The summed E-state index contributed by atoms with van der Waals surface area (Å²) in [5, 5.41) is 6.47. The summed E-state index contributed by atoms with van der Waals surface area (Å²) in [5.41, 5.74) is 1.53. The monoisotopic (exact) mass is 484 g/mol. The van der Waals surface area contributed by atoms with Gasteiger partial charge in [-0.1, -0.05) is 18.2 Å². The van der Waals surface area contributed by atoms with E-state index in [-0.39, 0.29) is 13.2 Å². The number of carbonyl (C=O) groups is 1. The maximum Gasteiger partial charge on any atom is 0.416 e. The summed E-state index contributed by atoms with van der Waals surface area (Å²) >= 11 is 1.30. The van der Waals surface area contributed by atoms with Gasteiger partial charge in [0.05, 0.1) is 36.2 Å². The molecule has 0 aliphatic rings. The molecule has 0 saturated carbocycles. The van der Waals surface area contributed by atoms with E-state index in [0.29, 0.717) is 27.4 Å². The molecule has 0 radical (unpaired) electrons. The minimum absolute atomic E-state index is 0.260. The van der Waals surface area contributed by atoms with Gasteiger partial charge in [0.15, 0.2) is 0 Å². The summed E-state index contributed by atoms with van der Waals surface area (Å²) in [4.78, 5) is 20.3. The second-order valence-electron chi connectivity index (χ2n) is 7.23. The molecule has 0 aliphatic carbocycles. The van der Waals surface area contributed by atoms with Gasteiger partial charge in [0.25, 0.3) is 0 Å². The molecule has 0 spiro atoms. The highest BCUT2D eigenvalue weighted by Crippen LogP contribution is 2.34. The van der Waals surface area contributed by atoms with E-state index in [1.807, 2.05) is 6.07 Å². The highest BCUT2D eigenvalue weighted by Gasteiger charge is 2.31. The maximum absolute atomic E-state index is 13.5. The van der Waals surface area contributed by atoms with Crippen LogP contribution in [0.25, 0.3) is 23.4 Å². The number of carbonyl (C=O) groups excluding carboxylic acids is 1. The molecule has 3 heterocycles. The third-order valence-electron chi connectivity index (χ3n) is 4.72. The van der Waals surface area contributed by atoms with E-state index < -0.39 is 17.7 Å². The average molecular weight is 485 g/mol. The fraction of sp³-hybridized carbons (Fsp3) is 0.167. The summed E-state index contributed by atoms with van der Waals surface area (Å²) in [5.74, 6) is -0.468. The van der Waals surface area contributed by atoms with Crippen LogP contribution in [-0.2, 0) is 17.5 Å². The zero-order chi connectivity index (χ0) is 24.1. The Morgan fingerprint density at radius 3 is 2.74 bits per heavy atom. The van der Waals surface area contributed by atoms with E-state index >= 15 is 0 Å². The molecule has 0 unspecified atom stereocenters. The molecule has 6 nitrogen and oxygen atoms in total. The number of aromatic nitrogens is 4. The molecule has 0 amide bonds. The van der Waals surface area contributed by atoms with Crippen molar-refractivity contribution in [1.29, 1.82) is 0 Å². The van der Waals surface area contributed by atoms with E-state index in [2.05, 4.69) is 15.1 Å². The van der Waals surface area contributed by atoms with Gasteiger partial charge in [0.1, 0.15) is 5.01 Å². The summed E-state index contributed by atoms with van der Waals surface area (Å²) < 4.78 is 47.1. The van der Waals surface area contributed by atoms with Crippen molar-refractivity contribution in [2.75, 3.05) is 6.61 Å². The fourth-order valence-corrected chi connectivity index (χ4v) is 3.95. The van der Waals surface area contributed by atoms with Gasteiger partial charge in [-0.05, 0) is 42.3 Å². The smallest absolute Gasteiger partial charge is 0.416 e. The van der Waals surface area contributed by atoms with E-state index in [0.717, 1.165) is 17.7 Å². The lowest BCUT2D eigenvalue weighted by Gasteiger charge is -2.10. The molecule has 34 heavy (non-hydrogen) atoms. The van der Waals surface area contributed by atoms with Crippen LogP contribution in [0.3, 0.4) is 0 Å². The molecule has 174 valence electrons. The van der Waals surface area contributed by atoms with Crippen molar-refractivity contribution in [2.24, 2.45) is 0 Å². The van der Waals surface area contributed by atoms with Crippen molar-refractivity contribution < 1.29 is 22.7 Å². The quantitative estimate of drug-likeness (QED) is 0.310. The van der Waals surface area contributed by atoms with Crippen molar-refractivity contribution in [3.63, 3.8) is 0 Å². The largest absolute Gasteiger partial charge is 0.462 e. The first-order chi connectivity index (χ1) is 16.3. The lowest BCUT2D eigenvalue weighted by molar-refractivity contribution is -0.137. The molecule has 4 aromatic rings. The highest BCUT2D eigenvalue weighted by atomic mass is 32.1. The Morgan fingerprint density at radius 2 is 2.00 bits per heavy atom. The number of hydrogen-bond acceptors (Lipinski definition) is 6. The second-order valence-corrected chi connectivity index (χ2v) is 8.18. The van der Waals surface area contributed by atoms with Crippen LogP contribution in [-0.4, -0.2) is 32.3 Å². The van der Waals surface area contributed by atoms with Crippen LogP contribution in [0.4, 0.5) is 13.2 Å². The number of rotatable bonds is 7. The summed E-state index contributed by atoms with van der Waals surface area (Å²) in [6.07, 6.45) is 5.03. The second kappa shape index (κ2) is 10.0. The Kier molecular flexibility index (Phi) is 6.87. The van der Waals surface area contributed by atoms with Crippen LogP contribution in [0, 0.1) is 0 Å². The van der Waals surface area contributed by atoms with Gasteiger partial charge in [-0.15, -0.1) is 11.3 Å². The average Bonchev–Trinajstić information content (AvgIpc) is 3.48. The highest BCUT2D eigenvalue weighted by molar-refractivity contribution is 7.09. The van der Waals surface area contributed by atoms with E-state index in [1.165, 1.54) is 22.2 Å². The Balaban J connectivity index is 1.59. The molecular weight excluding hydrogens is 465 g/mol. The lowest BCUT2D eigenvalue weighted by Crippen LogP contribution is -2.05. The van der Waals surface area contributed by atoms with Crippen molar-refractivity contribution in [3.8, 4) is 11.3 Å². The van der Waals surface area contributed by atoms with Crippen molar-refractivity contribution >= 4 is 29.5 Å². The number of pyridine rings is 1. The summed E-state index contributed by atoms with van der Waals surface area (Å²) in [7, 11) is 0. The fourth-order valence-electron chi connectivity index (χ4n) is 3.15. The predicted molar refractivity (Wildman–Crippen MR) is 123 cm³/mol. The topological polar surface area (TPSA) is 69.9 Å². The predicted octanol–water partition coefficient (Wildman–Crippen LogP) is 5.82. The van der Waals surface area contributed by atoms with E-state index in [1.54, 1.807) is 55.2 Å². The SMILES string of the molecule is CCOC(=O)c1cnn(Cc2nc(-c3cc(C=Cc4cccnc4)cc(C(F)(F)F)c3)cs2)c1. The molecule has 4 rings (SSSR count). The molecule has 0 aliphatic heterocycles. The zero-order valence-corrected chi connectivity index (χ0v) is 18.8. The molecule has 0 saturated heterocycles. The van der Waals surface area contributed by atoms with Gasteiger partial charge < -0.3 is 4.74 Å². The molecule has 0 atom stereocenters. The number of esters is 1. The van der Waals surface area contributed by atoms with Crippen LogP contribution < -0.4 is 0 Å². The lowest BCUT2D eigenvalue weighted by atomic mass is 10.0. The number of alkyl halides is 3. The van der Waals surface area contributed by atoms with Crippen molar-refractivity contribution in [2.45, 2.75) is 19.6 Å². The molecule has 0 fully saturated rings. The Bertz CT molecular complexity index is 1310. The van der Waals surface area contributed by atoms with Crippen molar-refractivity contribution in [3.05, 3.63) is 87.8 Å². The first kappa shape index (κ1) is 23.4. The number of nitrogens with zero attached hydrogens (tertiary/aromatic N) is 4. The summed E-state index contributed by atoms with van der Waals surface area (Å²) in [6, 6.07) is 7.42. The molecule has 10 heteroatoms. The van der Waals surface area contributed by atoms with Crippen LogP contribution in [0.1, 0.15) is 39.0 Å². The Morgan fingerprint density at radius 1 is 1.18 bits per heavy atom. The number of hydrogen-bond donors (Lipinski definition) is 0. The van der Waals surface area contributed by atoms with Gasteiger partial charge in [0.2, 0.25) is 0 Å². The van der Waals surface area contributed by atoms with Gasteiger partial charge >= 0.3 is 12.1 Å². The third kappa shape index (κ3) is 5.76. The first-order valence-electron chi connectivity index (χ1n) is 10.3. The van der Waals surface area contributed by atoms with Crippen molar-refractivity contribution in [1.82, 2.24) is 19.7 Å². The molecule has 0 N–H and O–H groups in total. The molecule has 1 aromatic carbocycles. The minimum Gasteiger partial charge on any atom is -0.462 e. The molecular formula is C24H19F3N4O2S. The first-order valence-corrected chi connectivity index (χ1v) is 11.1. The van der Waals surface area contributed by atoms with Gasteiger partial charge in [0, 0.05) is 29.5 Å². The third-order valence-corrected chi connectivity index (χ3v) is 5.56. The number of thiazole rings is 1. The van der Waals surface area contributed by atoms with E-state index in [9.17, 15) is 18.0 Å². The standard InChI is InChI=1S/C24H19F3N4O2S/c1-2-33-23(32)19-12-29-31(13-19)14-22-30-21(15-34-22)18-8-17(9-20(10-18)24(25,26)27)6-5-16-4-3-7-28-11-16/h3-13,15H,2,14H2,1H3. The molecule has 0 bridgehead atoms. The normalized spacial score (nSPS) is 11.8. The Hall–Kier alpha value is -3.79. The minimum atomic E-state index is -4.50. The number of ether oxygens (including phenoxy) is 1. The van der Waals surface area contributed by atoms with Crippen LogP contribution in [0.2, 0.25) is 0 Å². The van der Waals surface area contributed by atoms with Gasteiger partial charge in [-0.25, -0.2) is 9.78 Å². The number of benzene rings is 1. The zero-order valence-electron chi connectivity index (χ0n) is 18.0. The van der Waals surface area contributed by atoms with Crippen LogP contribution in [0.5, 0.6) is 0 Å². The Labute approximate surface area is 197 Å². The number of halogens is 3.